The van der Waals surface area contributed by atoms with Gasteiger partial charge in [-0.15, -0.1) is 0 Å². The summed E-state index contributed by atoms with van der Waals surface area (Å²) in [5, 5.41) is 9.08. The lowest BCUT2D eigenvalue weighted by Gasteiger charge is -2.43. The van der Waals surface area contributed by atoms with Gasteiger partial charge < -0.3 is 14.5 Å². The molecule has 3 aliphatic rings. The smallest absolute Gasteiger partial charge is 0.419 e. The average molecular weight is 534 g/mol. The number of anilines is 2. The van der Waals surface area contributed by atoms with Crippen molar-refractivity contribution in [2.45, 2.75) is 49.7 Å². The summed E-state index contributed by atoms with van der Waals surface area (Å²) in [6.45, 7) is 1.03. The van der Waals surface area contributed by atoms with E-state index in [0.717, 1.165) is 30.1 Å². The fraction of sp³-hybridized carbons (Fsp3) is 0.440. The minimum atomic E-state index is -4.82. The first kappa shape index (κ1) is 25.4. The normalized spacial score (nSPS) is 23.8. The SMILES string of the molecule is CN1CC[C@H](Oc2ccc(N3C(=S)N(c4cnc(C#N)c(C(F)(F)F)c4)C(=O)C34CCC4)cc2)C(F)C1. The Labute approximate surface area is 216 Å². The Kier molecular flexibility index (Phi) is 6.32. The lowest BCUT2D eigenvalue weighted by molar-refractivity contribution is -0.138. The van der Waals surface area contributed by atoms with Crippen LogP contribution in [0.1, 0.15) is 36.9 Å². The second kappa shape index (κ2) is 9.22. The molecule has 3 fully saturated rings. The van der Waals surface area contributed by atoms with Crippen LogP contribution in [0.5, 0.6) is 5.75 Å². The van der Waals surface area contributed by atoms with E-state index in [4.69, 9.17) is 22.2 Å². The molecule has 7 nitrogen and oxygen atoms in total. The largest absolute Gasteiger partial charge is 0.487 e. The quantitative estimate of drug-likeness (QED) is 0.425. The summed E-state index contributed by atoms with van der Waals surface area (Å²) in [4.78, 5) is 21.8. The number of halogens is 4. The number of nitriles is 1. The van der Waals surface area contributed by atoms with Crippen molar-refractivity contribution in [3.8, 4) is 11.8 Å². The number of piperidine rings is 1. The molecule has 1 amide bonds. The van der Waals surface area contributed by atoms with E-state index < -0.39 is 41.2 Å². The van der Waals surface area contributed by atoms with E-state index in [1.165, 1.54) is 6.07 Å². The van der Waals surface area contributed by atoms with Gasteiger partial charge in [-0.05, 0) is 75.3 Å². The topological polar surface area (TPSA) is 72.7 Å². The van der Waals surface area contributed by atoms with Crippen LogP contribution in [0.2, 0.25) is 0 Å². The predicted octanol–water partition coefficient (Wildman–Crippen LogP) is 4.45. The van der Waals surface area contributed by atoms with Crippen LogP contribution < -0.4 is 14.5 Å². The average Bonchev–Trinajstić information content (AvgIpc) is 3.07. The highest BCUT2D eigenvalue weighted by Crippen LogP contribution is 2.48. The molecule has 194 valence electrons. The van der Waals surface area contributed by atoms with Gasteiger partial charge in [0.05, 0.1) is 17.4 Å². The van der Waals surface area contributed by atoms with Crippen LogP contribution in [-0.4, -0.2) is 58.9 Å². The van der Waals surface area contributed by atoms with Crippen molar-refractivity contribution >= 4 is 34.6 Å². The molecule has 0 radical (unpaired) electrons. The van der Waals surface area contributed by atoms with E-state index >= 15 is 0 Å². The molecule has 1 aliphatic carbocycles. The summed E-state index contributed by atoms with van der Waals surface area (Å²) < 4.78 is 60.9. The Morgan fingerprint density at radius 3 is 2.49 bits per heavy atom. The molecule has 2 aliphatic heterocycles. The standard InChI is InChI=1S/C25H23F4N5O2S/c1-32-10-7-21(19(26)14-32)36-17-5-3-15(4-6-17)34-23(37)33(22(35)24(34)8-2-9-24)16-11-18(25(27,28)29)20(12-30)31-13-16/h3-6,11,13,19,21H,2,7-10,14H2,1H3/t19?,21-/m0/s1. The maximum Gasteiger partial charge on any atom is 0.419 e. The third kappa shape index (κ3) is 4.30. The van der Waals surface area contributed by atoms with Gasteiger partial charge in [0.1, 0.15) is 29.6 Å². The van der Waals surface area contributed by atoms with E-state index in [-0.39, 0.29) is 10.8 Å². The number of hydrogen-bond acceptors (Lipinski definition) is 6. The van der Waals surface area contributed by atoms with Gasteiger partial charge in [-0.25, -0.2) is 9.37 Å². The monoisotopic (exact) mass is 533 g/mol. The fourth-order valence-corrected chi connectivity index (χ4v) is 5.57. The van der Waals surface area contributed by atoms with Crippen molar-refractivity contribution in [2.24, 2.45) is 0 Å². The molecule has 1 spiro atoms. The summed E-state index contributed by atoms with van der Waals surface area (Å²) in [5.74, 6) is 0.0401. The molecule has 2 saturated heterocycles. The Morgan fingerprint density at radius 1 is 1.22 bits per heavy atom. The van der Waals surface area contributed by atoms with Crippen LogP contribution in [0, 0.1) is 11.3 Å². The number of carbonyl (C=O) groups excluding carboxylic acids is 1. The summed E-state index contributed by atoms with van der Waals surface area (Å²) in [6, 6.07) is 8.94. The molecule has 1 aromatic carbocycles. The molecule has 0 N–H and O–H groups in total. The number of alkyl halides is 4. The zero-order valence-electron chi connectivity index (χ0n) is 19.8. The van der Waals surface area contributed by atoms with Gasteiger partial charge in [0, 0.05) is 18.8 Å². The summed E-state index contributed by atoms with van der Waals surface area (Å²) in [7, 11) is 1.86. The lowest BCUT2D eigenvalue weighted by Crippen LogP contribution is -2.55. The third-order valence-electron chi connectivity index (χ3n) is 7.20. The van der Waals surface area contributed by atoms with Crippen molar-refractivity contribution in [1.29, 1.82) is 5.26 Å². The maximum atomic E-state index is 14.4. The first-order valence-corrected chi connectivity index (χ1v) is 12.2. The molecule has 5 rings (SSSR count). The highest BCUT2D eigenvalue weighted by molar-refractivity contribution is 7.81. The number of nitrogens with zero attached hydrogens (tertiary/aromatic N) is 5. The third-order valence-corrected chi connectivity index (χ3v) is 7.57. The number of rotatable bonds is 4. The van der Waals surface area contributed by atoms with Gasteiger partial charge in [0.15, 0.2) is 10.8 Å². The number of carbonyl (C=O) groups is 1. The molecule has 1 saturated carbocycles. The number of hydrogen-bond donors (Lipinski definition) is 0. The van der Waals surface area contributed by atoms with Crippen molar-refractivity contribution in [1.82, 2.24) is 9.88 Å². The number of ether oxygens (including phenoxy) is 1. The highest BCUT2D eigenvalue weighted by atomic mass is 32.1. The van der Waals surface area contributed by atoms with Crippen LogP contribution in [0.15, 0.2) is 36.5 Å². The Morgan fingerprint density at radius 2 is 1.92 bits per heavy atom. The van der Waals surface area contributed by atoms with Gasteiger partial charge in [-0.3, -0.25) is 9.69 Å². The van der Waals surface area contributed by atoms with E-state index in [0.29, 0.717) is 37.2 Å². The van der Waals surface area contributed by atoms with Crippen molar-refractivity contribution in [2.75, 3.05) is 29.9 Å². The molecule has 12 heteroatoms. The number of aromatic nitrogens is 1. The molecule has 1 aromatic heterocycles. The highest BCUT2D eigenvalue weighted by Gasteiger charge is 2.59. The number of amides is 1. The van der Waals surface area contributed by atoms with Gasteiger partial charge in [-0.2, -0.15) is 18.4 Å². The van der Waals surface area contributed by atoms with Crippen molar-refractivity contribution < 1.29 is 27.1 Å². The molecule has 2 atom stereocenters. The number of thiocarbonyl (C=S) groups is 1. The van der Waals surface area contributed by atoms with E-state index in [2.05, 4.69) is 4.98 Å². The lowest BCUT2D eigenvalue weighted by atomic mass is 9.75. The molecule has 37 heavy (non-hydrogen) atoms. The van der Waals surface area contributed by atoms with Gasteiger partial charge in [-0.1, -0.05) is 0 Å². The Hall–Kier alpha value is -3.30. The van der Waals surface area contributed by atoms with Crippen LogP contribution in [0.25, 0.3) is 0 Å². The fourth-order valence-electron chi connectivity index (χ4n) is 5.11. The summed E-state index contributed by atoms with van der Waals surface area (Å²) >= 11 is 5.61. The zero-order chi connectivity index (χ0) is 26.5. The number of pyridine rings is 1. The first-order valence-electron chi connectivity index (χ1n) is 11.8. The predicted molar refractivity (Wildman–Crippen MR) is 131 cm³/mol. The minimum absolute atomic E-state index is 0.0251. The molecular formula is C25H23F4N5O2S. The van der Waals surface area contributed by atoms with E-state index in [1.54, 1.807) is 29.2 Å². The van der Waals surface area contributed by atoms with E-state index in [1.807, 2.05) is 11.9 Å². The van der Waals surface area contributed by atoms with Crippen LogP contribution >= 0.6 is 12.2 Å². The number of benzene rings is 1. The van der Waals surface area contributed by atoms with Crippen LogP contribution in [0.3, 0.4) is 0 Å². The van der Waals surface area contributed by atoms with Gasteiger partial charge >= 0.3 is 6.18 Å². The minimum Gasteiger partial charge on any atom is -0.487 e. The molecular weight excluding hydrogens is 510 g/mol. The summed E-state index contributed by atoms with van der Waals surface area (Å²) in [5.41, 5.74) is -2.59. The van der Waals surface area contributed by atoms with Gasteiger partial charge in [0.25, 0.3) is 5.91 Å². The Balaban J connectivity index is 1.43. The van der Waals surface area contributed by atoms with Crippen molar-refractivity contribution in [3.63, 3.8) is 0 Å². The van der Waals surface area contributed by atoms with E-state index in [9.17, 15) is 22.4 Å². The molecule has 0 bridgehead atoms. The first-order chi connectivity index (χ1) is 17.5. The van der Waals surface area contributed by atoms with Gasteiger partial charge in [0.2, 0.25) is 0 Å². The Bertz CT molecular complexity index is 1280. The second-order valence-electron chi connectivity index (χ2n) is 9.56. The number of likely N-dealkylation sites (tertiary alicyclic amines) is 1. The maximum absolute atomic E-state index is 14.4. The molecule has 3 heterocycles. The van der Waals surface area contributed by atoms with Crippen LogP contribution in [0.4, 0.5) is 28.9 Å². The van der Waals surface area contributed by atoms with Crippen molar-refractivity contribution in [3.05, 3.63) is 47.8 Å². The second-order valence-corrected chi connectivity index (χ2v) is 9.93. The summed E-state index contributed by atoms with van der Waals surface area (Å²) in [6.07, 6.45) is -3.17. The molecule has 2 aromatic rings. The molecule has 1 unspecified atom stereocenters. The zero-order valence-corrected chi connectivity index (χ0v) is 20.7. The van der Waals surface area contributed by atoms with Crippen LogP contribution in [-0.2, 0) is 11.0 Å².